The first kappa shape index (κ1) is 38.1. The molecule has 46 heavy (non-hydrogen) atoms. The largest absolute Gasteiger partial charge is 0.508 e. The third kappa shape index (κ3) is 12.4. The molecule has 0 aliphatic heterocycles. The van der Waals surface area contributed by atoms with Gasteiger partial charge in [-0.05, 0) is 90.5 Å². The number of aromatic hydroxyl groups is 1. The van der Waals surface area contributed by atoms with Crippen LogP contribution in [0.25, 0.3) is 0 Å². The second kappa shape index (κ2) is 16.5. The molecule has 0 bridgehead atoms. The lowest BCUT2D eigenvalue weighted by Gasteiger charge is -2.39. The fourth-order valence-corrected chi connectivity index (χ4v) is 4.92. The molecule has 2 aromatic rings. The first-order valence-electron chi connectivity index (χ1n) is 16.0. The summed E-state index contributed by atoms with van der Waals surface area (Å²) in [5, 5.41) is 16.0. The third-order valence-corrected chi connectivity index (χ3v) is 7.02. The molecule has 0 aliphatic rings. The second-order valence-corrected chi connectivity index (χ2v) is 14.1. The number of esters is 1. The molecule has 0 saturated heterocycles. The van der Waals surface area contributed by atoms with Gasteiger partial charge in [0.05, 0.1) is 0 Å². The summed E-state index contributed by atoms with van der Waals surface area (Å²) in [5.74, 6) is -1.82. The van der Waals surface area contributed by atoms with Crippen LogP contribution < -0.4 is 10.6 Å². The Balaban J connectivity index is 2.64. The highest BCUT2D eigenvalue weighted by molar-refractivity contribution is 5.94. The van der Waals surface area contributed by atoms with Gasteiger partial charge in [0.25, 0.3) is 0 Å². The van der Waals surface area contributed by atoms with Gasteiger partial charge in [-0.3, -0.25) is 9.59 Å². The van der Waals surface area contributed by atoms with Gasteiger partial charge in [-0.25, -0.2) is 9.59 Å². The molecule has 254 valence electrons. The van der Waals surface area contributed by atoms with Gasteiger partial charge in [0, 0.05) is 12.5 Å². The van der Waals surface area contributed by atoms with Gasteiger partial charge in [-0.15, -0.1) is 0 Å². The summed E-state index contributed by atoms with van der Waals surface area (Å²) in [6.45, 7) is 18.0. The predicted molar refractivity (Wildman–Crippen MR) is 178 cm³/mol. The number of alkyl carbamates (subject to hydrolysis) is 1. The van der Waals surface area contributed by atoms with E-state index >= 15 is 0 Å². The molecule has 0 fully saturated rings. The summed E-state index contributed by atoms with van der Waals surface area (Å²) in [4.78, 5) is 56.7. The maximum atomic E-state index is 14.5. The van der Waals surface area contributed by atoms with Crippen molar-refractivity contribution in [1.82, 2.24) is 15.5 Å². The molecule has 0 saturated carbocycles. The Bertz CT molecular complexity index is 1310. The minimum absolute atomic E-state index is 0.0122. The number of nitrogens with zero attached hydrogens (tertiary/aromatic N) is 1. The number of amides is 3. The van der Waals surface area contributed by atoms with Crippen molar-refractivity contribution in [3.05, 3.63) is 65.7 Å². The Hall–Kier alpha value is -4.08. The Kier molecular flexibility index (Phi) is 13.6. The van der Waals surface area contributed by atoms with Gasteiger partial charge in [-0.1, -0.05) is 63.2 Å². The van der Waals surface area contributed by atoms with Gasteiger partial charge >= 0.3 is 12.1 Å². The van der Waals surface area contributed by atoms with Crippen molar-refractivity contribution in [3.8, 4) is 5.75 Å². The van der Waals surface area contributed by atoms with Gasteiger partial charge in [0.1, 0.15) is 35.1 Å². The highest BCUT2D eigenvalue weighted by atomic mass is 16.6. The zero-order valence-corrected chi connectivity index (χ0v) is 29.0. The number of benzene rings is 2. The van der Waals surface area contributed by atoms with E-state index in [2.05, 4.69) is 10.6 Å². The Morgan fingerprint density at radius 2 is 1.43 bits per heavy atom. The van der Waals surface area contributed by atoms with Crippen LogP contribution in [0.15, 0.2) is 54.6 Å². The van der Waals surface area contributed by atoms with E-state index in [4.69, 9.17) is 9.47 Å². The summed E-state index contributed by atoms with van der Waals surface area (Å²) >= 11 is 0. The summed E-state index contributed by atoms with van der Waals surface area (Å²) < 4.78 is 11.1. The number of ether oxygens (including phenoxy) is 2. The quantitative estimate of drug-likeness (QED) is 0.227. The van der Waals surface area contributed by atoms with Crippen molar-refractivity contribution in [2.45, 2.75) is 124 Å². The van der Waals surface area contributed by atoms with E-state index in [1.54, 1.807) is 53.7 Å². The van der Waals surface area contributed by atoms with Crippen LogP contribution in [0.4, 0.5) is 4.79 Å². The highest BCUT2D eigenvalue weighted by Gasteiger charge is 2.40. The minimum atomic E-state index is -1.26. The van der Waals surface area contributed by atoms with Crippen molar-refractivity contribution in [2.75, 3.05) is 0 Å². The number of nitrogens with one attached hydrogen (secondary N) is 2. The van der Waals surface area contributed by atoms with E-state index < -0.39 is 59.2 Å². The maximum Gasteiger partial charge on any atom is 0.408 e. The van der Waals surface area contributed by atoms with Crippen LogP contribution in [-0.4, -0.2) is 63.2 Å². The van der Waals surface area contributed by atoms with E-state index in [-0.39, 0.29) is 24.5 Å². The van der Waals surface area contributed by atoms with Crippen LogP contribution in [0.1, 0.15) is 99.2 Å². The van der Waals surface area contributed by atoms with Crippen LogP contribution in [0.5, 0.6) is 5.75 Å². The first-order valence-corrected chi connectivity index (χ1v) is 16.0. The third-order valence-electron chi connectivity index (χ3n) is 7.02. The van der Waals surface area contributed by atoms with Crippen LogP contribution >= 0.6 is 0 Å². The SMILES string of the molecule is CCC(C)N(C(=O)C(CC(C)C)NC(=O)OC(C)(C)C)C(C(=O)NC(Cc1ccccc1)C(=O)OC(C)(C)C)c1cccc(O)c1. The van der Waals surface area contributed by atoms with Crippen LogP contribution in [0.3, 0.4) is 0 Å². The Morgan fingerprint density at radius 1 is 0.826 bits per heavy atom. The normalized spacial score (nSPS) is 14.4. The van der Waals surface area contributed by atoms with E-state index in [0.717, 1.165) is 5.56 Å². The number of phenolic OH excluding ortho intramolecular Hbond substituents is 1. The summed E-state index contributed by atoms with van der Waals surface area (Å²) in [5.41, 5.74) is -0.446. The molecular weight excluding hydrogens is 586 g/mol. The molecule has 3 amide bonds. The van der Waals surface area contributed by atoms with Crippen molar-refractivity contribution in [3.63, 3.8) is 0 Å². The van der Waals surface area contributed by atoms with E-state index in [1.807, 2.05) is 58.0 Å². The van der Waals surface area contributed by atoms with Crippen LogP contribution in [0, 0.1) is 5.92 Å². The van der Waals surface area contributed by atoms with Gasteiger partial charge in [0.15, 0.2) is 0 Å². The average Bonchev–Trinajstić information content (AvgIpc) is 2.92. The molecule has 4 unspecified atom stereocenters. The van der Waals surface area contributed by atoms with E-state index in [0.29, 0.717) is 12.0 Å². The number of rotatable bonds is 13. The number of hydrogen-bond acceptors (Lipinski definition) is 7. The number of carbonyl (C=O) groups excluding carboxylic acids is 4. The number of carbonyl (C=O) groups is 4. The molecule has 10 heteroatoms. The number of hydrogen-bond donors (Lipinski definition) is 3. The molecule has 0 radical (unpaired) electrons. The lowest BCUT2D eigenvalue weighted by atomic mass is 9.96. The van der Waals surface area contributed by atoms with E-state index in [1.165, 1.54) is 17.0 Å². The van der Waals surface area contributed by atoms with Crippen molar-refractivity contribution >= 4 is 23.9 Å². The van der Waals surface area contributed by atoms with Crippen molar-refractivity contribution in [1.29, 1.82) is 0 Å². The molecule has 2 rings (SSSR count). The monoisotopic (exact) mass is 639 g/mol. The standard InChI is InChI=1S/C36H53N3O7/c1-11-24(4)39(32(42)28(20-23(2)3)38-34(44)46-36(8,9)10)30(26-18-15-19-27(40)22-26)31(41)37-29(33(43)45-35(5,6)7)21-25-16-13-12-14-17-25/h12-19,22-24,28-30,40H,11,20-21H2,1-10H3,(H,37,41)(H,38,44). The predicted octanol–water partition coefficient (Wildman–Crippen LogP) is 6.07. The Morgan fingerprint density at radius 3 is 1.96 bits per heavy atom. The molecule has 0 spiro atoms. The van der Waals surface area contributed by atoms with Gasteiger partial charge in [-0.2, -0.15) is 0 Å². The molecule has 0 aromatic heterocycles. The second-order valence-electron chi connectivity index (χ2n) is 14.1. The zero-order valence-electron chi connectivity index (χ0n) is 29.0. The fourth-order valence-electron chi connectivity index (χ4n) is 4.92. The summed E-state index contributed by atoms with van der Waals surface area (Å²) in [6.07, 6.45) is 0.173. The molecular formula is C36H53N3O7. The molecule has 0 aliphatic carbocycles. The number of phenols is 1. The molecule has 3 N–H and O–H groups in total. The average molecular weight is 640 g/mol. The molecule has 2 aromatic carbocycles. The van der Waals surface area contributed by atoms with Crippen molar-refractivity contribution < 1.29 is 33.8 Å². The van der Waals surface area contributed by atoms with Crippen molar-refractivity contribution in [2.24, 2.45) is 5.92 Å². The Labute approximate surface area is 274 Å². The fraction of sp³-hybridized carbons (Fsp3) is 0.556. The molecule has 10 nitrogen and oxygen atoms in total. The smallest absolute Gasteiger partial charge is 0.408 e. The summed E-state index contributed by atoms with van der Waals surface area (Å²) in [6, 6.07) is 11.5. The zero-order chi connectivity index (χ0) is 34.8. The van der Waals surface area contributed by atoms with Gasteiger partial charge in [0.2, 0.25) is 11.8 Å². The van der Waals surface area contributed by atoms with E-state index in [9.17, 15) is 24.3 Å². The van der Waals surface area contributed by atoms with Gasteiger partial charge < -0.3 is 30.1 Å². The topological polar surface area (TPSA) is 134 Å². The lowest BCUT2D eigenvalue weighted by Crippen LogP contribution is -2.57. The van der Waals surface area contributed by atoms with Crippen LogP contribution in [0.2, 0.25) is 0 Å². The lowest BCUT2D eigenvalue weighted by molar-refractivity contribution is -0.159. The highest BCUT2D eigenvalue weighted by Crippen LogP contribution is 2.29. The van der Waals surface area contributed by atoms with Crippen LogP contribution in [-0.2, 0) is 30.3 Å². The minimum Gasteiger partial charge on any atom is -0.508 e. The first-order chi connectivity index (χ1) is 21.3. The molecule has 4 atom stereocenters. The maximum absolute atomic E-state index is 14.5. The summed E-state index contributed by atoms with van der Waals surface area (Å²) in [7, 11) is 0. The molecule has 0 heterocycles.